The Morgan fingerprint density at radius 1 is 1.28 bits per heavy atom. The van der Waals surface area contributed by atoms with Crippen LogP contribution >= 0.6 is 0 Å². The van der Waals surface area contributed by atoms with Gasteiger partial charge in [0.15, 0.2) is 0 Å². The smallest absolute Gasteiger partial charge is 0.323 e. The van der Waals surface area contributed by atoms with Crippen LogP contribution in [0, 0.1) is 5.92 Å². The summed E-state index contributed by atoms with van der Waals surface area (Å²) in [4.78, 5) is 12.0. The third kappa shape index (κ3) is 3.45. The molecule has 0 bridgehead atoms. The Balaban J connectivity index is 1.81. The Kier molecular flexibility index (Phi) is 5.01. The van der Waals surface area contributed by atoms with Crippen LogP contribution in [0.25, 0.3) is 0 Å². The van der Waals surface area contributed by atoms with E-state index in [0.29, 0.717) is 12.6 Å². The Hall–Kier alpha value is -0.610. The van der Waals surface area contributed by atoms with Gasteiger partial charge in [-0.25, -0.2) is 0 Å². The zero-order chi connectivity index (χ0) is 13.0. The van der Waals surface area contributed by atoms with E-state index < -0.39 is 0 Å². The Morgan fingerprint density at radius 3 is 2.83 bits per heavy atom. The van der Waals surface area contributed by atoms with E-state index in [-0.39, 0.29) is 18.1 Å². The predicted molar refractivity (Wildman–Crippen MR) is 69.3 cm³/mol. The topological polar surface area (TPSA) is 47.6 Å². The van der Waals surface area contributed by atoms with E-state index in [1.54, 1.807) is 7.11 Å². The SMILES string of the molecule is COCC(C)OC(=O)C1CCC2CCCCC2N1. The maximum Gasteiger partial charge on any atom is 0.323 e. The van der Waals surface area contributed by atoms with Crippen molar-refractivity contribution in [2.75, 3.05) is 13.7 Å². The van der Waals surface area contributed by atoms with Crippen LogP contribution in [0.2, 0.25) is 0 Å². The molecule has 1 heterocycles. The molecule has 104 valence electrons. The van der Waals surface area contributed by atoms with Crippen molar-refractivity contribution in [3.63, 3.8) is 0 Å². The van der Waals surface area contributed by atoms with E-state index in [1.807, 2.05) is 6.92 Å². The van der Waals surface area contributed by atoms with Gasteiger partial charge >= 0.3 is 5.97 Å². The summed E-state index contributed by atoms with van der Waals surface area (Å²) in [6.07, 6.45) is 7.09. The maximum atomic E-state index is 12.0. The first kappa shape index (κ1) is 13.8. The van der Waals surface area contributed by atoms with Crippen molar-refractivity contribution >= 4 is 5.97 Å². The molecule has 18 heavy (non-hydrogen) atoms. The molecule has 4 nitrogen and oxygen atoms in total. The van der Waals surface area contributed by atoms with Crippen LogP contribution in [0.5, 0.6) is 0 Å². The van der Waals surface area contributed by atoms with Crippen LogP contribution in [-0.2, 0) is 14.3 Å². The Labute approximate surface area is 109 Å². The quantitative estimate of drug-likeness (QED) is 0.779. The third-order valence-corrected chi connectivity index (χ3v) is 4.15. The highest BCUT2D eigenvalue weighted by Crippen LogP contribution is 2.32. The molecular weight excluding hydrogens is 230 g/mol. The summed E-state index contributed by atoms with van der Waals surface area (Å²) >= 11 is 0. The first-order valence-corrected chi connectivity index (χ1v) is 7.16. The van der Waals surface area contributed by atoms with Crippen LogP contribution < -0.4 is 5.32 Å². The Bertz CT molecular complexity index is 282. The molecule has 0 aromatic rings. The van der Waals surface area contributed by atoms with E-state index in [9.17, 15) is 4.79 Å². The lowest BCUT2D eigenvalue weighted by molar-refractivity contribution is -0.154. The minimum atomic E-state index is -0.159. The molecule has 4 unspecified atom stereocenters. The molecule has 4 atom stereocenters. The van der Waals surface area contributed by atoms with Crippen LogP contribution in [0.15, 0.2) is 0 Å². The van der Waals surface area contributed by atoms with E-state index in [4.69, 9.17) is 9.47 Å². The highest BCUT2D eigenvalue weighted by Gasteiger charge is 2.35. The molecule has 0 amide bonds. The average Bonchev–Trinajstić information content (AvgIpc) is 2.38. The number of esters is 1. The highest BCUT2D eigenvalue weighted by atomic mass is 16.6. The van der Waals surface area contributed by atoms with Crippen molar-refractivity contribution in [1.82, 2.24) is 5.32 Å². The molecule has 2 fully saturated rings. The van der Waals surface area contributed by atoms with E-state index in [0.717, 1.165) is 18.8 Å². The second kappa shape index (κ2) is 6.53. The molecular formula is C14H25NO3. The fourth-order valence-electron chi connectivity index (χ4n) is 3.23. The lowest BCUT2D eigenvalue weighted by Crippen LogP contribution is -2.52. The van der Waals surface area contributed by atoms with Crippen molar-refractivity contribution in [3.05, 3.63) is 0 Å². The number of nitrogens with one attached hydrogen (secondary N) is 1. The van der Waals surface area contributed by atoms with E-state index in [2.05, 4.69) is 5.32 Å². The Morgan fingerprint density at radius 2 is 2.06 bits per heavy atom. The zero-order valence-corrected chi connectivity index (χ0v) is 11.5. The summed E-state index contributed by atoms with van der Waals surface area (Å²) in [5.74, 6) is 0.669. The first-order valence-electron chi connectivity index (χ1n) is 7.16. The van der Waals surface area contributed by atoms with Gasteiger partial charge in [-0.2, -0.15) is 0 Å². The van der Waals surface area contributed by atoms with Crippen molar-refractivity contribution in [1.29, 1.82) is 0 Å². The summed E-state index contributed by atoms with van der Waals surface area (Å²) in [5.41, 5.74) is 0. The first-order chi connectivity index (χ1) is 8.70. The molecule has 0 aromatic heterocycles. The van der Waals surface area contributed by atoms with Crippen molar-refractivity contribution < 1.29 is 14.3 Å². The number of rotatable bonds is 4. The summed E-state index contributed by atoms with van der Waals surface area (Å²) in [7, 11) is 1.62. The number of hydrogen-bond donors (Lipinski definition) is 1. The minimum absolute atomic E-state index is 0.108. The number of methoxy groups -OCH3 is 1. The molecule has 1 aliphatic carbocycles. The number of ether oxygens (including phenoxy) is 2. The standard InChI is InChI=1S/C14H25NO3/c1-10(9-17-2)18-14(16)13-8-7-11-5-3-4-6-12(11)15-13/h10-13,15H,3-9H2,1-2H3. The van der Waals surface area contributed by atoms with Gasteiger partial charge in [-0.15, -0.1) is 0 Å². The second-order valence-electron chi connectivity index (χ2n) is 5.65. The van der Waals surface area contributed by atoms with Crippen LogP contribution in [0.3, 0.4) is 0 Å². The van der Waals surface area contributed by atoms with Crippen molar-refractivity contribution in [3.8, 4) is 0 Å². The van der Waals surface area contributed by atoms with Gasteiger partial charge < -0.3 is 14.8 Å². The normalized spacial score (nSPS) is 33.6. The number of carbonyl (C=O) groups excluding carboxylic acids is 1. The largest absolute Gasteiger partial charge is 0.459 e. The molecule has 4 heteroatoms. The van der Waals surface area contributed by atoms with E-state index >= 15 is 0 Å². The number of piperidine rings is 1. The molecule has 1 aliphatic heterocycles. The van der Waals surface area contributed by atoms with Gasteiger partial charge in [0.05, 0.1) is 6.61 Å². The fraction of sp³-hybridized carbons (Fsp3) is 0.929. The van der Waals surface area contributed by atoms with Gasteiger partial charge in [0, 0.05) is 13.2 Å². The van der Waals surface area contributed by atoms with Gasteiger partial charge in [0.25, 0.3) is 0 Å². The van der Waals surface area contributed by atoms with Crippen LogP contribution in [0.4, 0.5) is 0 Å². The van der Waals surface area contributed by atoms with Crippen molar-refractivity contribution in [2.24, 2.45) is 5.92 Å². The third-order valence-electron chi connectivity index (χ3n) is 4.15. The molecule has 0 spiro atoms. The van der Waals surface area contributed by atoms with Crippen molar-refractivity contribution in [2.45, 2.75) is 63.6 Å². The molecule has 0 aromatic carbocycles. The zero-order valence-electron chi connectivity index (χ0n) is 11.5. The molecule has 1 N–H and O–H groups in total. The molecule has 0 radical (unpaired) electrons. The second-order valence-corrected chi connectivity index (χ2v) is 5.65. The van der Waals surface area contributed by atoms with Crippen LogP contribution in [0.1, 0.15) is 45.4 Å². The molecule has 1 saturated heterocycles. The summed E-state index contributed by atoms with van der Waals surface area (Å²) in [6, 6.07) is 0.423. The van der Waals surface area contributed by atoms with Gasteiger partial charge in [-0.3, -0.25) is 4.79 Å². The lowest BCUT2D eigenvalue weighted by atomic mass is 9.78. The average molecular weight is 255 g/mol. The van der Waals surface area contributed by atoms with Gasteiger partial charge in [0.2, 0.25) is 0 Å². The fourth-order valence-corrected chi connectivity index (χ4v) is 3.23. The highest BCUT2D eigenvalue weighted by molar-refractivity contribution is 5.76. The molecule has 2 rings (SSSR count). The molecule has 2 aliphatic rings. The molecule has 1 saturated carbocycles. The lowest BCUT2D eigenvalue weighted by Gasteiger charge is -2.39. The number of fused-ring (bicyclic) bond motifs is 1. The summed E-state index contributed by atoms with van der Waals surface area (Å²) in [6.45, 7) is 2.33. The van der Waals surface area contributed by atoms with E-state index in [1.165, 1.54) is 25.7 Å². The maximum absolute atomic E-state index is 12.0. The number of hydrogen-bond acceptors (Lipinski definition) is 4. The summed E-state index contributed by atoms with van der Waals surface area (Å²) in [5, 5.41) is 3.49. The monoisotopic (exact) mass is 255 g/mol. The van der Waals surface area contributed by atoms with Crippen LogP contribution in [-0.4, -0.2) is 37.9 Å². The van der Waals surface area contributed by atoms with Gasteiger partial charge in [0.1, 0.15) is 12.1 Å². The minimum Gasteiger partial charge on any atom is -0.459 e. The number of carbonyl (C=O) groups is 1. The summed E-state index contributed by atoms with van der Waals surface area (Å²) < 4.78 is 10.4. The van der Waals surface area contributed by atoms with Gasteiger partial charge in [-0.1, -0.05) is 12.8 Å². The predicted octanol–water partition coefficient (Wildman–Crippen LogP) is 1.88. The van der Waals surface area contributed by atoms with Gasteiger partial charge in [-0.05, 0) is 38.5 Å².